The lowest BCUT2D eigenvalue weighted by molar-refractivity contribution is -0.346. The van der Waals surface area contributed by atoms with E-state index in [2.05, 4.69) is 5.32 Å². The van der Waals surface area contributed by atoms with E-state index in [0.717, 1.165) is 6.92 Å². The summed E-state index contributed by atoms with van der Waals surface area (Å²) in [5.41, 5.74) is -8.14. The van der Waals surface area contributed by atoms with Gasteiger partial charge >= 0.3 is 24.0 Å². The summed E-state index contributed by atoms with van der Waals surface area (Å²) in [5.74, 6) is -5.36. The fourth-order valence-corrected chi connectivity index (χ4v) is 9.56. The third-order valence-electron chi connectivity index (χ3n) is 12.6. The molecular weight excluding hydrogens is 754 g/mol. The van der Waals surface area contributed by atoms with E-state index in [9.17, 15) is 44.4 Å². The Bertz CT molecular complexity index is 1980. The number of nitrogens with one attached hydrogen (secondary N) is 1. The van der Waals surface area contributed by atoms with Gasteiger partial charge in [-0.3, -0.25) is 9.59 Å². The summed E-state index contributed by atoms with van der Waals surface area (Å²) in [6.45, 7) is 11.8. The molecule has 2 unspecified atom stereocenters. The van der Waals surface area contributed by atoms with Crippen molar-refractivity contribution in [3.63, 3.8) is 0 Å². The van der Waals surface area contributed by atoms with Crippen molar-refractivity contribution in [1.82, 2.24) is 5.32 Å². The summed E-state index contributed by atoms with van der Waals surface area (Å²) in [7, 11) is 0. The first-order valence-electron chi connectivity index (χ1n) is 19.3. The first-order chi connectivity index (χ1) is 27.0. The zero-order valence-corrected chi connectivity index (χ0v) is 33.9. The van der Waals surface area contributed by atoms with Gasteiger partial charge in [-0.05, 0) is 63.5 Å². The number of esters is 3. The molecule has 0 spiro atoms. The normalized spacial score (nSPS) is 33.7. The minimum absolute atomic E-state index is 0.0637. The Balaban J connectivity index is 1.49. The first-order valence-corrected chi connectivity index (χ1v) is 19.3. The molecule has 15 heteroatoms. The molecule has 1 heterocycles. The highest BCUT2D eigenvalue weighted by Crippen LogP contribution is 2.64. The summed E-state index contributed by atoms with van der Waals surface area (Å²) in [6, 6.07) is 14.6. The maximum Gasteiger partial charge on any atom is 0.408 e. The van der Waals surface area contributed by atoms with Crippen LogP contribution in [0.2, 0.25) is 0 Å². The summed E-state index contributed by atoms with van der Waals surface area (Å²) in [6.07, 6.45) is -11.5. The highest BCUT2D eigenvalue weighted by molar-refractivity contribution is 5.94. The quantitative estimate of drug-likeness (QED) is 0.147. The number of rotatable bonds is 8. The number of aliphatic hydroxyl groups excluding tert-OH is 3. The fraction of sp³-hybridized carbons (Fsp3) is 0.558. The Labute approximate surface area is 336 Å². The average Bonchev–Trinajstić information content (AvgIpc) is 3.14. The minimum atomic E-state index is -2.35. The van der Waals surface area contributed by atoms with Crippen LogP contribution < -0.4 is 5.32 Å². The van der Waals surface area contributed by atoms with Crippen LogP contribution in [0.15, 0.2) is 71.8 Å². The van der Waals surface area contributed by atoms with Crippen molar-refractivity contribution in [2.75, 3.05) is 6.61 Å². The number of ether oxygens (including phenoxy) is 5. The number of hydrogen-bond donors (Lipinski definition) is 5. The van der Waals surface area contributed by atoms with Crippen molar-refractivity contribution in [2.45, 2.75) is 128 Å². The molecule has 2 aromatic rings. The third kappa shape index (κ3) is 7.10. The Morgan fingerprint density at radius 2 is 1.55 bits per heavy atom. The number of ketones is 1. The Morgan fingerprint density at radius 1 is 0.948 bits per heavy atom. The van der Waals surface area contributed by atoms with Gasteiger partial charge in [0.05, 0.1) is 35.6 Å². The van der Waals surface area contributed by atoms with Crippen LogP contribution in [0.1, 0.15) is 90.2 Å². The minimum Gasteiger partial charge on any atom is -0.456 e. The lowest BCUT2D eigenvalue weighted by Gasteiger charge is -2.67. The Kier molecular flexibility index (Phi) is 11.2. The number of Topliss-reactive ketones (excluding diaryl/α,β-unsaturated/α-hetero) is 1. The van der Waals surface area contributed by atoms with Crippen molar-refractivity contribution in [2.24, 2.45) is 16.7 Å². The number of amides is 1. The summed E-state index contributed by atoms with van der Waals surface area (Å²) >= 11 is 0. The van der Waals surface area contributed by atoms with Crippen molar-refractivity contribution in [3.8, 4) is 0 Å². The predicted molar refractivity (Wildman–Crippen MR) is 204 cm³/mol. The molecule has 2 bridgehead atoms. The predicted octanol–water partition coefficient (Wildman–Crippen LogP) is 3.26. The smallest absolute Gasteiger partial charge is 0.408 e. The molecule has 4 aliphatic rings. The van der Waals surface area contributed by atoms with Gasteiger partial charge in [0, 0.05) is 25.2 Å². The molecule has 6 rings (SSSR count). The van der Waals surface area contributed by atoms with Gasteiger partial charge in [-0.25, -0.2) is 14.4 Å². The Morgan fingerprint density at radius 3 is 2.10 bits per heavy atom. The van der Waals surface area contributed by atoms with Crippen LogP contribution in [0.25, 0.3) is 0 Å². The van der Waals surface area contributed by atoms with Gasteiger partial charge in [0.1, 0.15) is 35.6 Å². The molecule has 3 aliphatic carbocycles. The highest BCUT2D eigenvalue weighted by Gasteiger charge is 2.78. The molecule has 314 valence electrons. The molecule has 11 atom stereocenters. The van der Waals surface area contributed by atoms with E-state index in [0.29, 0.717) is 5.56 Å². The van der Waals surface area contributed by atoms with Crippen LogP contribution >= 0.6 is 0 Å². The van der Waals surface area contributed by atoms with E-state index in [1.807, 2.05) is 0 Å². The topological polar surface area (TPSA) is 224 Å². The van der Waals surface area contributed by atoms with Gasteiger partial charge in [-0.1, -0.05) is 62.4 Å². The molecular formula is C43H53NO14. The van der Waals surface area contributed by atoms with E-state index in [4.69, 9.17) is 23.7 Å². The van der Waals surface area contributed by atoms with Crippen LogP contribution in [0.3, 0.4) is 0 Å². The number of aliphatic hydroxyl groups is 4. The van der Waals surface area contributed by atoms with Gasteiger partial charge < -0.3 is 49.4 Å². The third-order valence-corrected chi connectivity index (χ3v) is 12.6. The van der Waals surface area contributed by atoms with Gasteiger partial charge in [0.25, 0.3) is 0 Å². The lowest BCUT2D eigenvalue weighted by atomic mass is 9.44. The molecule has 1 saturated heterocycles. The van der Waals surface area contributed by atoms with E-state index >= 15 is 0 Å². The number of hydrogen-bond acceptors (Lipinski definition) is 14. The standard InChI is InChI=1S/C43H53NO14/c1-22-26(55-37(51)32(48)30(24-15-11-9-12-16-24)44-38(52)58-39(3,4)5)20-43(53)35(56-36(50)25-17-13-10-14-18-25)33-41(8,34(49)31(47)29(22)40(43,6)7)27(46)19-28-42(33,21-54-28)57-23(2)45/h9-18,26-28,30-33,35,46-48,53H,19-21H2,1-8H3,(H,44,52)/t26-,27-,28+,30-,31+,32+,33?,35?,41+,42-,43+/m0/s1. The van der Waals surface area contributed by atoms with Crippen LogP contribution in [0.4, 0.5) is 4.79 Å². The monoisotopic (exact) mass is 807 g/mol. The van der Waals surface area contributed by atoms with Gasteiger partial charge in [-0.15, -0.1) is 0 Å². The van der Waals surface area contributed by atoms with E-state index in [-0.39, 0.29) is 29.7 Å². The molecule has 5 N–H and O–H groups in total. The second-order valence-electron chi connectivity index (χ2n) is 17.6. The maximum atomic E-state index is 14.9. The number of fused-ring (bicyclic) bond motifs is 5. The maximum absolute atomic E-state index is 14.9. The zero-order chi connectivity index (χ0) is 42.7. The number of benzene rings is 2. The van der Waals surface area contributed by atoms with Crippen LogP contribution in [0.5, 0.6) is 0 Å². The summed E-state index contributed by atoms with van der Waals surface area (Å²) in [4.78, 5) is 68.9. The molecule has 58 heavy (non-hydrogen) atoms. The second-order valence-corrected chi connectivity index (χ2v) is 17.6. The highest BCUT2D eigenvalue weighted by atomic mass is 16.6. The van der Waals surface area contributed by atoms with Crippen LogP contribution in [0, 0.1) is 16.7 Å². The van der Waals surface area contributed by atoms with Crippen molar-refractivity contribution >= 4 is 29.8 Å². The molecule has 3 fully saturated rings. The van der Waals surface area contributed by atoms with Gasteiger partial charge in [0.2, 0.25) is 0 Å². The lowest BCUT2D eigenvalue weighted by Crippen LogP contribution is -2.81. The summed E-state index contributed by atoms with van der Waals surface area (Å²) in [5, 5.41) is 51.6. The van der Waals surface area contributed by atoms with Gasteiger partial charge in [0.15, 0.2) is 17.5 Å². The molecule has 1 aliphatic heterocycles. The van der Waals surface area contributed by atoms with Crippen molar-refractivity contribution < 1.29 is 68.1 Å². The number of carbonyl (C=O) groups is 5. The van der Waals surface area contributed by atoms with E-state index in [1.165, 1.54) is 26.0 Å². The molecule has 0 aromatic heterocycles. The Hall–Kier alpha value is -4.67. The van der Waals surface area contributed by atoms with Crippen LogP contribution in [-0.2, 0) is 38.1 Å². The molecule has 2 saturated carbocycles. The van der Waals surface area contributed by atoms with E-state index in [1.54, 1.807) is 83.1 Å². The SMILES string of the molecule is CC(=O)O[C@@]12CO[C@@H]1C[C@H](O)[C@@]1(C)C(=O)[C@H](O)C3=C(C)[C@@H](OC(=O)[C@H](O)[C@@H](NC(=O)OC(C)(C)C)c4ccccc4)C[C@@](O)(C(OC(=O)c4ccccc4)C12)C3(C)C. The number of carbonyl (C=O) groups excluding carboxylic acids is 5. The molecule has 2 aromatic carbocycles. The van der Waals surface area contributed by atoms with Crippen LogP contribution in [-0.4, -0.2) is 110 Å². The zero-order valence-electron chi connectivity index (χ0n) is 33.9. The molecule has 15 nitrogen and oxygen atoms in total. The molecule has 1 amide bonds. The van der Waals surface area contributed by atoms with Crippen molar-refractivity contribution in [3.05, 3.63) is 82.9 Å². The second kappa shape index (κ2) is 15.2. The molecule has 0 radical (unpaired) electrons. The number of alkyl carbamates (subject to hydrolysis) is 1. The first kappa shape index (κ1) is 42.9. The van der Waals surface area contributed by atoms with Gasteiger partial charge in [-0.2, -0.15) is 0 Å². The largest absolute Gasteiger partial charge is 0.456 e. The van der Waals surface area contributed by atoms with E-state index < -0.39 is 112 Å². The average molecular weight is 808 g/mol. The summed E-state index contributed by atoms with van der Waals surface area (Å²) < 4.78 is 29.5. The van der Waals surface area contributed by atoms with Crippen molar-refractivity contribution in [1.29, 1.82) is 0 Å². The fourth-order valence-electron chi connectivity index (χ4n) is 9.56.